The number of aryl methyl sites for hydroxylation is 1. The quantitative estimate of drug-likeness (QED) is 0.477. The van der Waals surface area contributed by atoms with Crippen LogP contribution in [0.4, 0.5) is 0 Å². The van der Waals surface area contributed by atoms with Crippen LogP contribution in [0.25, 0.3) is 0 Å². The molecule has 0 spiro atoms. The molecule has 0 radical (unpaired) electrons. The van der Waals surface area contributed by atoms with Gasteiger partial charge in [0, 0.05) is 23.9 Å². The fraction of sp³-hybridized carbons (Fsp3) is 0.429. The number of carbonyl (C=O) groups excluding carboxylic acids is 1. The van der Waals surface area contributed by atoms with Crippen molar-refractivity contribution in [1.29, 1.82) is 0 Å². The van der Waals surface area contributed by atoms with Gasteiger partial charge in [0.1, 0.15) is 5.78 Å². The first-order valence-corrected chi connectivity index (χ1v) is 6.64. The highest BCUT2D eigenvalue weighted by molar-refractivity contribution is 6.31. The van der Waals surface area contributed by atoms with Crippen LogP contribution in [-0.4, -0.2) is 18.3 Å². The third-order valence-corrected chi connectivity index (χ3v) is 3.39. The van der Waals surface area contributed by atoms with Crippen LogP contribution in [0.1, 0.15) is 36.8 Å². The fourth-order valence-corrected chi connectivity index (χ4v) is 2.42. The molecule has 0 fully saturated rings. The second-order valence-electron chi connectivity index (χ2n) is 4.57. The van der Waals surface area contributed by atoms with Crippen molar-refractivity contribution in [2.45, 2.75) is 32.6 Å². The van der Waals surface area contributed by atoms with Crippen LogP contribution in [0.15, 0.2) is 23.2 Å². The number of rotatable bonds is 6. The van der Waals surface area contributed by atoms with E-state index in [0.717, 1.165) is 11.1 Å². The maximum Gasteiger partial charge on any atom is 0.185 e. The predicted molar refractivity (Wildman–Crippen MR) is 79.5 cm³/mol. The van der Waals surface area contributed by atoms with Gasteiger partial charge in [0.2, 0.25) is 0 Å². The fourth-order valence-electron chi connectivity index (χ4n) is 2.03. The minimum atomic E-state index is -0.201. The summed E-state index contributed by atoms with van der Waals surface area (Å²) in [7, 11) is 0. The van der Waals surface area contributed by atoms with Crippen LogP contribution in [0.3, 0.4) is 0 Å². The summed E-state index contributed by atoms with van der Waals surface area (Å²) in [6, 6.07) is 5.66. The van der Waals surface area contributed by atoms with Crippen molar-refractivity contribution < 1.29 is 4.79 Å². The molecule has 1 unspecified atom stereocenters. The van der Waals surface area contributed by atoms with E-state index < -0.39 is 0 Å². The molecule has 0 aliphatic rings. The monoisotopic (exact) mass is 281 g/mol. The van der Waals surface area contributed by atoms with E-state index in [0.29, 0.717) is 24.4 Å². The lowest BCUT2D eigenvalue weighted by molar-refractivity contribution is -0.120. The van der Waals surface area contributed by atoms with Crippen molar-refractivity contribution >= 4 is 23.3 Å². The van der Waals surface area contributed by atoms with Gasteiger partial charge in [-0.25, -0.2) is 0 Å². The molecule has 0 saturated carbocycles. The van der Waals surface area contributed by atoms with Crippen LogP contribution in [0.2, 0.25) is 5.02 Å². The van der Waals surface area contributed by atoms with Gasteiger partial charge in [0.25, 0.3) is 0 Å². The number of ketones is 1. The van der Waals surface area contributed by atoms with Crippen molar-refractivity contribution in [2.24, 2.45) is 16.5 Å². The van der Waals surface area contributed by atoms with Crippen LogP contribution in [0.5, 0.6) is 0 Å². The summed E-state index contributed by atoms with van der Waals surface area (Å²) in [5.41, 5.74) is 12.4. The van der Waals surface area contributed by atoms with Gasteiger partial charge < -0.3 is 11.5 Å². The van der Waals surface area contributed by atoms with Crippen molar-refractivity contribution in [3.8, 4) is 0 Å². The topological polar surface area (TPSA) is 81.5 Å². The van der Waals surface area contributed by atoms with E-state index in [1.165, 1.54) is 0 Å². The smallest absolute Gasteiger partial charge is 0.185 e. The zero-order valence-electron chi connectivity index (χ0n) is 11.3. The van der Waals surface area contributed by atoms with Crippen LogP contribution in [0, 0.1) is 6.92 Å². The number of carbonyl (C=O) groups is 1. The highest BCUT2D eigenvalue weighted by atomic mass is 35.5. The first-order valence-electron chi connectivity index (χ1n) is 6.26. The number of nitrogens with two attached hydrogens (primary N) is 2. The Bertz CT molecular complexity index is 461. The Morgan fingerprint density at radius 3 is 2.68 bits per heavy atom. The van der Waals surface area contributed by atoms with E-state index in [2.05, 4.69) is 4.99 Å². The number of hydrogen-bond acceptors (Lipinski definition) is 2. The van der Waals surface area contributed by atoms with Crippen LogP contribution < -0.4 is 11.5 Å². The van der Waals surface area contributed by atoms with Gasteiger partial charge in [0.05, 0.1) is 0 Å². The average Bonchev–Trinajstić information content (AvgIpc) is 2.33. The molecule has 1 aromatic carbocycles. The molecule has 0 aromatic heterocycles. The summed E-state index contributed by atoms with van der Waals surface area (Å²) in [5, 5.41) is 0.644. The minimum absolute atomic E-state index is 0.0578. The molecule has 1 rings (SSSR count). The number of benzene rings is 1. The number of hydrogen-bond donors (Lipinski definition) is 2. The Morgan fingerprint density at radius 1 is 1.42 bits per heavy atom. The molecule has 0 aliphatic carbocycles. The van der Waals surface area contributed by atoms with Gasteiger partial charge in [-0.1, -0.05) is 30.7 Å². The summed E-state index contributed by atoms with van der Waals surface area (Å²) in [6.07, 6.45) is 1.09. The van der Waals surface area contributed by atoms with E-state index in [-0.39, 0.29) is 17.7 Å². The molecule has 104 valence electrons. The molecule has 5 heteroatoms. The van der Waals surface area contributed by atoms with E-state index in [1.807, 2.05) is 32.0 Å². The lowest BCUT2D eigenvalue weighted by Crippen LogP contribution is -2.23. The van der Waals surface area contributed by atoms with Gasteiger partial charge in [0.15, 0.2) is 5.96 Å². The zero-order valence-corrected chi connectivity index (χ0v) is 12.1. The highest BCUT2D eigenvalue weighted by Gasteiger charge is 2.19. The molecule has 1 atom stereocenters. The Labute approximate surface area is 118 Å². The van der Waals surface area contributed by atoms with Crippen LogP contribution >= 0.6 is 11.6 Å². The standard InChI is InChI=1S/C14H20ClN3O/c1-9-5-3-6-11(15)13(9)10(2)12(19)7-4-8-18-14(16)17/h3,5-6,10H,4,7-8H2,1-2H3,(H4,16,17,18). The molecule has 0 amide bonds. The third-order valence-electron chi connectivity index (χ3n) is 3.06. The SMILES string of the molecule is Cc1cccc(Cl)c1C(C)C(=O)CCCN=C(N)N. The molecule has 4 nitrogen and oxygen atoms in total. The van der Waals surface area contributed by atoms with Crippen LogP contribution in [-0.2, 0) is 4.79 Å². The van der Waals surface area contributed by atoms with Gasteiger partial charge in [-0.05, 0) is 30.5 Å². The summed E-state index contributed by atoms with van der Waals surface area (Å²) in [6.45, 7) is 4.32. The Kier molecular flexibility index (Phi) is 5.83. The number of aliphatic imine (C=N–C) groups is 1. The molecular formula is C14H20ClN3O. The summed E-state index contributed by atoms with van der Waals surface area (Å²) in [5.74, 6) is 0.0114. The summed E-state index contributed by atoms with van der Waals surface area (Å²) < 4.78 is 0. The summed E-state index contributed by atoms with van der Waals surface area (Å²) >= 11 is 6.16. The Morgan fingerprint density at radius 2 is 2.11 bits per heavy atom. The second kappa shape index (κ2) is 7.14. The molecule has 0 heterocycles. The van der Waals surface area contributed by atoms with Gasteiger partial charge in [-0.3, -0.25) is 9.79 Å². The van der Waals surface area contributed by atoms with E-state index in [9.17, 15) is 4.79 Å². The highest BCUT2D eigenvalue weighted by Crippen LogP contribution is 2.29. The van der Waals surface area contributed by atoms with Crippen molar-refractivity contribution in [2.75, 3.05) is 6.54 Å². The van der Waals surface area contributed by atoms with Gasteiger partial charge >= 0.3 is 0 Å². The first kappa shape index (κ1) is 15.5. The third kappa shape index (κ3) is 4.56. The zero-order chi connectivity index (χ0) is 14.4. The Balaban J connectivity index is 2.65. The van der Waals surface area contributed by atoms with Crippen molar-refractivity contribution in [3.05, 3.63) is 34.3 Å². The van der Waals surface area contributed by atoms with Gasteiger partial charge in [-0.15, -0.1) is 0 Å². The largest absolute Gasteiger partial charge is 0.370 e. The molecular weight excluding hydrogens is 262 g/mol. The minimum Gasteiger partial charge on any atom is -0.370 e. The normalized spacial score (nSPS) is 11.9. The summed E-state index contributed by atoms with van der Waals surface area (Å²) in [4.78, 5) is 16.0. The average molecular weight is 282 g/mol. The van der Waals surface area contributed by atoms with Gasteiger partial charge in [-0.2, -0.15) is 0 Å². The number of halogens is 1. The number of Topliss-reactive ketones (excluding diaryl/α,β-unsaturated/α-hetero) is 1. The number of nitrogens with zero attached hydrogens (tertiary/aromatic N) is 1. The molecule has 19 heavy (non-hydrogen) atoms. The lowest BCUT2D eigenvalue weighted by atomic mass is 9.91. The van der Waals surface area contributed by atoms with Crippen molar-refractivity contribution in [3.63, 3.8) is 0 Å². The number of guanidine groups is 1. The van der Waals surface area contributed by atoms with E-state index >= 15 is 0 Å². The van der Waals surface area contributed by atoms with Crippen molar-refractivity contribution in [1.82, 2.24) is 0 Å². The predicted octanol–water partition coefficient (Wildman–Crippen LogP) is 2.37. The molecule has 4 N–H and O–H groups in total. The first-order chi connectivity index (χ1) is 8.93. The maximum absolute atomic E-state index is 12.1. The Hall–Kier alpha value is -1.55. The lowest BCUT2D eigenvalue weighted by Gasteiger charge is -2.15. The molecule has 0 aliphatic heterocycles. The molecule has 1 aromatic rings. The van der Waals surface area contributed by atoms with E-state index in [4.69, 9.17) is 23.1 Å². The molecule has 0 bridgehead atoms. The molecule has 0 saturated heterocycles. The van der Waals surface area contributed by atoms with E-state index in [1.54, 1.807) is 0 Å². The maximum atomic E-state index is 12.1. The second-order valence-corrected chi connectivity index (χ2v) is 4.98.